The van der Waals surface area contributed by atoms with E-state index in [1.54, 1.807) is 0 Å². The Hall–Kier alpha value is -1.98. The van der Waals surface area contributed by atoms with Crippen molar-refractivity contribution in [2.45, 2.75) is 38.6 Å². The largest absolute Gasteiger partial charge is 0.504 e. The van der Waals surface area contributed by atoms with Crippen LogP contribution in [-0.4, -0.2) is 53.8 Å². The molecule has 3 N–H and O–H groups in total. The maximum absolute atomic E-state index is 12.3. The lowest BCUT2D eigenvalue weighted by Gasteiger charge is -2.29. The Balaban J connectivity index is 2.33. The van der Waals surface area contributed by atoms with E-state index in [0.717, 1.165) is 4.31 Å². The first-order valence-corrected chi connectivity index (χ1v) is 10.7. The number of sulfonamides is 1. The molecule has 11 heteroatoms. The third-order valence-electron chi connectivity index (χ3n) is 4.23. The quantitative estimate of drug-likeness (QED) is 0.640. The maximum Gasteiger partial charge on any atom is 0.269 e. The van der Waals surface area contributed by atoms with E-state index in [-0.39, 0.29) is 33.7 Å². The van der Waals surface area contributed by atoms with Gasteiger partial charge in [-0.15, -0.1) is 8.80 Å². The topological polar surface area (TPSA) is 123 Å². The molecule has 1 unspecified atom stereocenters. The molecule has 2 rings (SSSR count). The average molecular weight is 416 g/mol. The number of anilines is 1. The minimum Gasteiger partial charge on any atom is -0.504 e. The third kappa shape index (κ3) is 4.66. The summed E-state index contributed by atoms with van der Waals surface area (Å²) in [7, 11) is -1.08. The normalized spacial score (nSPS) is 18.9. The van der Waals surface area contributed by atoms with Crippen LogP contribution in [0.1, 0.15) is 27.7 Å². The molecule has 1 heterocycles. The zero-order valence-electron chi connectivity index (χ0n) is 16.1. The molecule has 1 aliphatic rings. The molecule has 27 heavy (non-hydrogen) atoms. The molecule has 0 radical (unpaired) electrons. The first-order valence-electron chi connectivity index (χ1n) is 8.22. The van der Waals surface area contributed by atoms with Gasteiger partial charge in [-0.05, 0) is 24.5 Å². The van der Waals surface area contributed by atoms with Crippen LogP contribution in [0.25, 0.3) is 0 Å². The van der Waals surface area contributed by atoms with E-state index in [0.29, 0.717) is 0 Å². The van der Waals surface area contributed by atoms with Crippen LogP contribution in [0.2, 0.25) is 0 Å². The summed E-state index contributed by atoms with van der Waals surface area (Å²) in [6, 6.07) is 4.29. The molecule has 2 atom stereocenters. The van der Waals surface area contributed by atoms with Crippen LogP contribution in [0.5, 0.6) is 5.75 Å². The average Bonchev–Trinajstić information content (AvgIpc) is 2.87. The van der Waals surface area contributed by atoms with E-state index < -0.39 is 26.9 Å². The predicted molar refractivity (Wildman–Crippen MR) is 108 cm³/mol. The minimum atomic E-state index is -3.83. The van der Waals surface area contributed by atoms with Gasteiger partial charge in [0.25, 0.3) is 11.2 Å². The molecule has 1 aromatic rings. The van der Waals surface area contributed by atoms with Gasteiger partial charge in [-0.3, -0.25) is 0 Å². The first kappa shape index (κ1) is 21.3. The standard InChI is InChI=1S/C16H25N5O4S2/c1-10(16(2,3)4)17-14-15(20-26(23)19-14)18-11-8-7-9-12(13(11)22)27(24,25)21(5)6/h7-10,22H,1-6H3,(H,17,19)(H,18,20)/t10-,26?/m0/s1. The van der Waals surface area contributed by atoms with Crippen molar-refractivity contribution in [3.8, 4) is 5.75 Å². The molecule has 0 amide bonds. The summed E-state index contributed by atoms with van der Waals surface area (Å²) in [4.78, 5) is -0.244. The van der Waals surface area contributed by atoms with E-state index in [1.165, 1.54) is 32.3 Å². The molecular formula is C16H25N5O4S2. The number of rotatable bonds is 4. The monoisotopic (exact) mass is 415 g/mol. The highest BCUT2D eigenvalue weighted by Gasteiger charge is 2.28. The SMILES string of the molecule is C[C@H](NC1=NS(=O)N=C1Nc1cccc(S(=O)(=O)N(C)C)c1O)C(C)(C)C. The van der Waals surface area contributed by atoms with Crippen molar-refractivity contribution in [1.82, 2.24) is 9.62 Å². The smallest absolute Gasteiger partial charge is 0.269 e. The second kappa shape index (κ2) is 7.56. The summed E-state index contributed by atoms with van der Waals surface area (Å²) in [5.74, 6) is 0.00460. The van der Waals surface area contributed by atoms with Crippen LogP contribution < -0.4 is 10.6 Å². The molecule has 0 aliphatic carbocycles. The molecule has 9 nitrogen and oxygen atoms in total. The lowest BCUT2D eigenvalue weighted by atomic mass is 9.88. The van der Waals surface area contributed by atoms with Crippen molar-refractivity contribution < 1.29 is 17.7 Å². The van der Waals surface area contributed by atoms with Crippen LogP contribution in [0.4, 0.5) is 5.69 Å². The van der Waals surface area contributed by atoms with E-state index in [2.05, 4.69) is 19.4 Å². The van der Waals surface area contributed by atoms with Crippen LogP contribution in [0.3, 0.4) is 0 Å². The second-order valence-corrected chi connectivity index (χ2v) is 10.4. The molecule has 1 aromatic carbocycles. The fourth-order valence-electron chi connectivity index (χ4n) is 2.02. The molecular weight excluding hydrogens is 390 g/mol. The molecule has 0 saturated heterocycles. The van der Waals surface area contributed by atoms with Gasteiger partial charge < -0.3 is 15.7 Å². The number of benzene rings is 1. The number of amidine groups is 2. The number of hydrogen-bond donors (Lipinski definition) is 3. The summed E-state index contributed by atoms with van der Waals surface area (Å²) < 4.78 is 45.3. The Morgan fingerprint density at radius 1 is 1.19 bits per heavy atom. The van der Waals surface area contributed by atoms with Crippen LogP contribution in [0, 0.1) is 5.41 Å². The minimum absolute atomic E-state index is 0.00704. The van der Waals surface area contributed by atoms with Crippen molar-refractivity contribution in [3.63, 3.8) is 0 Å². The van der Waals surface area contributed by atoms with Gasteiger partial charge in [0.05, 0.1) is 5.69 Å². The highest BCUT2D eigenvalue weighted by atomic mass is 32.2. The number of para-hydroxylation sites is 1. The van der Waals surface area contributed by atoms with Gasteiger partial charge in [-0.2, -0.15) is 0 Å². The van der Waals surface area contributed by atoms with Crippen molar-refractivity contribution in [1.29, 1.82) is 0 Å². The Labute approximate surface area is 162 Å². The van der Waals surface area contributed by atoms with Crippen molar-refractivity contribution in [3.05, 3.63) is 18.2 Å². The fourth-order valence-corrected chi connectivity index (χ4v) is 3.64. The highest BCUT2D eigenvalue weighted by molar-refractivity contribution is 7.89. The number of nitrogens with one attached hydrogen (secondary N) is 2. The van der Waals surface area contributed by atoms with Gasteiger partial charge in [0.1, 0.15) is 4.90 Å². The summed E-state index contributed by atoms with van der Waals surface area (Å²) in [5, 5.41) is 16.4. The molecule has 0 saturated carbocycles. The molecule has 1 aliphatic heterocycles. The summed E-state index contributed by atoms with van der Waals surface area (Å²) >= 11 is -1.79. The summed E-state index contributed by atoms with van der Waals surface area (Å²) in [6.45, 7) is 8.09. The van der Waals surface area contributed by atoms with Gasteiger partial charge in [-0.1, -0.05) is 26.8 Å². The van der Waals surface area contributed by atoms with Crippen LogP contribution in [-0.2, 0) is 21.2 Å². The first-order chi connectivity index (χ1) is 12.3. The zero-order valence-corrected chi connectivity index (χ0v) is 17.8. The van der Waals surface area contributed by atoms with Gasteiger partial charge in [0, 0.05) is 20.1 Å². The van der Waals surface area contributed by atoms with Gasteiger partial charge in [-0.25, -0.2) is 16.9 Å². The van der Waals surface area contributed by atoms with Crippen LogP contribution in [0.15, 0.2) is 31.9 Å². The summed E-state index contributed by atoms with van der Waals surface area (Å²) in [6.07, 6.45) is 0. The third-order valence-corrected chi connectivity index (χ3v) is 6.75. The van der Waals surface area contributed by atoms with Gasteiger partial charge in [0.15, 0.2) is 17.4 Å². The van der Waals surface area contributed by atoms with Crippen LogP contribution >= 0.6 is 0 Å². The zero-order chi connectivity index (χ0) is 20.6. The Morgan fingerprint density at radius 2 is 1.78 bits per heavy atom. The lowest BCUT2D eigenvalue weighted by Crippen LogP contribution is -2.45. The number of hydrogen-bond acceptors (Lipinski definition) is 6. The van der Waals surface area contributed by atoms with E-state index >= 15 is 0 Å². The molecule has 0 spiro atoms. The maximum atomic E-state index is 12.3. The van der Waals surface area contributed by atoms with E-state index in [9.17, 15) is 17.7 Å². The number of nitrogens with zero attached hydrogens (tertiary/aromatic N) is 3. The van der Waals surface area contributed by atoms with Gasteiger partial charge in [0.2, 0.25) is 10.0 Å². The van der Waals surface area contributed by atoms with Gasteiger partial charge >= 0.3 is 0 Å². The fraction of sp³-hybridized carbons (Fsp3) is 0.500. The van der Waals surface area contributed by atoms with E-state index in [1.807, 2.05) is 27.7 Å². The molecule has 0 fully saturated rings. The highest BCUT2D eigenvalue weighted by Crippen LogP contribution is 2.32. The predicted octanol–water partition coefficient (Wildman–Crippen LogP) is 1.47. The Kier molecular flexibility index (Phi) is 5.97. The Bertz CT molecular complexity index is 917. The Morgan fingerprint density at radius 3 is 2.33 bits per heavy atom. The summed E-state index contributed by atoms with van der Waals surface area (Å²) in [5.41, 5.74) is 0.0352. The van der Waals surface area contributed by atoms with Crippen molar-refractivity contribution >= 4 is 38.6 Å². The number of phenols is 1. The molecule has 0 bridgehead atoms. The second-order valence-electron chi connectivity index (χ2n) is 7.41. The number of phenolic OH excluding ortho intramolecular Hbond substituents is 1. The molecule has 0 aromatic heterocycles. The van der Waals surface area contributed by atoms with Crippen molar-refractivity contribution in [2.75, 3.05) is 19.4 Å². The molecule has 150 valence electrons. The van der Waals surface area contributed by atoms with Crippen molar-refractivity contribution in [2.24, 2.45) is 14.2 Å². The van der Waals surface area contributed by atoms with E-state index in [4.69, 9.17) is 0 Å². The number of aromatic hydroxyl groups is 1. The lowest BCUT2D eigenvalue weighted by molar-refractivity contribution is 0.317.